The van der Waals surface area contributed by atoms with E-state index in [-0.39, 0.29) is 24.0 Å². The Labute approximate surface area is 153 Å². The maximum Gasteiger partial charge on any atom is 0.191 e. The number of aliphatic imine (C=N–C) groups is 1. The van der Waals surface area contributed by atoms with Crippen LogP contribution in [0.3, 0.4) is 0 Å². The van der Waals surface area contributed by atoms with Crippen LogP contribution in [0.4, 0.5) is 0 Å². The predicted molar refractivity (Wildman–Crippen MR) is 102 cm³/mol. The van der Waals surface area contributed by atoms with Crippen LogP contribution in [0.1, 0.15) is 18.7 Å². The maximum atomic E-state index is 4.26. The molecular weight excluding hydrogens is 403 g/mol. The molecule has 1 aliphatic rings. The number of aromatic nitrogens is 3. The van der Waals surface area contributed by atoms with Crippen LogP contribution < -0.4 is 10.6 Å². The molecular formula is C16H21IN6. The summed E-state index contributed by atoms with van der Waals surface area (Å²) >= 11 is 0. The highest BCUT2D eigenvalue weighted by Crippen LogP contribution is 2.10. The third-order valence-corrected chi connectivity index (χ3v) is 3.64. The van der Waals surface area contributed by atoms with E-state index < -0.39 is 0 Å². The number of nitrogens with one attached hydrogen (secondary N) is 2. The van der Waals surface area contributed by atoms with Crippen LogP contribution in [-0.2, 0) is 6.54 Å². The van der Waals surface area contributed by atoms with Crippen molar-refractivity contribution in [3.8, 4) is 5.69 Å². The van der Waals surface area contributed by atoms with Crippen molar-refractivity contribution in [1.29, 1.82) is 0 Å². The summed E-state index contributed by atoms with van der Waals surface area (Å²) in [6, 6.07) is 10.5. The van der Waals surface area contributed by atoms with Gasteiger partial charge in [-0.05, 0) is 25.0 Å². The molecule has 0 atom stereocenters. The van der Waals surface area contributed by atoms with Gasteiger partial charge in [-0.3, -0.25) is 9.56 Å². The van der Waals surface area contributed by atoms with Gasteiger partial charge in [-0.1, -0.05) is 30.4 Å². The van der Waals surface area contributed by atoms with Crippen molar-refractivity contribution in [3.63, 3.8) is 0 Å². The van der Waals surface area contributed by atoms with E-state index in [1.54, 1.807) is 13.4 Å². The van der Waals surface area contributed by atoms with Gasteiger partial charge >= 0.3 is 0 Å². The molecule has 0 saturated carbocycles. The summed E-state index contributed by atoms with van der Waals surface area (Å²) in [5.41, 5.74) is 1.05. The minimum Gasteiger partial charge on any atom is -0.353 e. The van der Waals surface area contributed by atoms with Crippen molar-refractivity contribution < 1.29 is 0 Å². The maximum absolute atomic E-state index is 4.26. The lowest BCUT2D eigenvalue weighted by Crippen LogP contribution is -2.42. The van der Waals surface area contributed by atoms with E-state index in [1.165, 1.54) is 0 Å². The van der Waals surface area contributed by atoms with E-state index >= 15 is 0 Å². The first kappa shape index (κ1) is 17.5. The molecule has 7 heteroatoms. The summed E-state index contributed by atoms with van der Waals surface area (Å²) < 4.78 is 1.97. The average Bonchev–Trinajstić information content (AvgIpc) is 3.23. The van der Waals surface area contributed by atoms with Gasteiger partial charge in [0.2, 0.25) is 0 Å². The first-order valence-corrected chi connectivity index (χ1v) is 7.43. The third-order valence-electron chi connectivity index (χ3n) is 3.64. The van der Waals surface area contributed by atoms with Crippen molar-refractivity contribution in [3.05, 3.63) is 54.6 Å². The molecule has 0 radical (unpaired) electrons. The van der Waals surface area contributed by atoms with Crippen molar-refractivity contribution in [2.45, 2.75) is 25.4 Å². The largest absolute Gasteiger partial charge is 0.353 e. The highest BCUT2D eigenvalue weighted by Gasteiger charge is 2.12. The van der Waals surface area contributed by atoms with Gasteiger partial charge in [0.05, 0.1) is 6.54 Å². The monoisotopic (exact) mass is 424 g/mol. The molecule has 0 bridgehead atoms. The topological polar surface area (TPSA) is 67.1 Å². The smallest absolute Gasteiger partial charge is 0.191 e. The van der Waals surface area contributed by atoms with E-state index in [1.807, 2.05) is 34.9 Å². The highest BCUT2D eigenvalue weighted by atomic mass is 127. The molecule has 0 aliphatic heterocycles. The van der Waals surface area contributed by atoms with Crippen LogP contribution in [0, 0.1) is 0 Å². The Morgan fingerprint density at radius 2 is 2.00 bits per heavy atom. The average molecular weight is 424 g/mol. The summed E-state index contributed by atoms with van der Waals surface area (Å²) in [5.74, 6) is 1.63. The van der Waals surface area contributed by atoms with E-state index in [0.717, 1.165) is 30.3 Å². The fraction of sp³-hybridized carbons (Fsp3) is 0.312. The van der Waals surface area contributed by atoms with Crippen LogP contribution in [0.5, 0.6) is 0 Å². The zero-order valence-corrected chi connectivity index (χ0v) is 15.3. The number of halogens is 1. The lowest BCUT2D eigenvalue weighted by Gasteiger charge is -2.16. The molecule has 1 aromatic carbocycles. The molecule has 23 heavy (non-hydrogen) atoms. The van der Waals surface area contributed by atoms with E-state index in [9.17, 15) is 0 Å². The number of hydrogen-bond donors (Lipinski definition) is 2. The Balaban J connectivity index is 0.00000192. The number of rotatable bonds is 4. The predicted octanol–water partition coefficient (Wildman–Crippen LogP) is 2.27. The minimum absolute atomic E-state index is 0. The van der Waals surface area contributed by atoms with Gasteiger partial charge in [0.1, 0.15) is 6.33 Å². The van der Waals surface area contributed by atoms with Gasteiger partial charge in [-0.25, -0.2) is 0 Å². The first-order valence-electron chi connectivity index (χ1n) is 7.43. The zero-order valence-electron chi connectivity index (χ0n) is 13.0. The molecule has 0 saturated heterocycles. The van der Waals surface area contributed by atoms with Gasteiger partial charge in [-0.15, -0.1) is 34.2 Å². The molecule has 2 N–H and O–H groups in total. The molecule has 0 amide bonds. The normalized spacial score (nSPS) is 14.6. The van der Waals surface area contributed by atoms with Gasteiger partial charge < -0.3 is 10.6 Å². The zero-order chi connectivity index (χ0) is 15.2. The quantitative estimate of drug-likeness (QED) is 0.342. The van der Waals surface area contributed by atoms with Crippen LogP contribution in [0.2, 0.25) is 0 Å². The molecule has 1 heterocycles. The van der Waals surface area contributed by atoms with Gasteiger partial charge in [0.15, 0.2) is 11.8 Å². The number of guanidine groups is 1. The van der Waals surface area contributed by atoms with Crippen molar-refractivity contribution >= 4 is 29.9 Å². The van der Waals surface area contributed by atoms with E-state index in [4.69, 9.17) is 0 Å². The lowest BCUT2D eigenvalue weighted by molar-refractivity contribution is 0.628. The van der Waals surface area contributed by atoms with Crippen LogP contribution >= 0.6 is 24.0 Å². The Hall–Kier alpha value is -1.90. The summed E-state index contributed by atoms with van der Waals surface area (Å²) in [4.78, 5) is 4.26. The molecule has 122 valence electrons. The molecule has 3 rings (SSSR count). The Morgan fingerprint density at radius 1 is 1.26 bits per heavy atom. The van der Waals surface area contributed by atoms with E-state index in [0.29, 0.717) is 12.6 Å². The van der Waals surface area contributed by atoms with Crippen LogP contribution in [-0.4, -0.2) is 33.8 Å². The van der Waals surface area contributed by atoms with Gasteiger partial charge in [-0.2, -0.15) is 0 Å². The molecule has 2 aromatic rings. The van der Waals surface area contributed by atoms with Gasteiger partial charge in [0.25, 0.3) is 0 Å². The van der Waals surface area contributed by atoms with Crippen molar-refractivity contribution in [1.82, 2.24) is 25.4 Å². The fourth-order valence-electron chi connectivity index (χ4n) is 2.47. The second-order valence-corrected chi connectivity index (χ2v) is 5.16. The Kier molecular flexibility index (Phi) is 6.57. The molecule has 6 nitrogen and oxygen atoms in total. The Morgan fingerprint density at radius 3 is 2.70 bits per heavy atom. The van der Waals surface area contributed by atoms with Crippen LogP contribution in [0.25, 0.3) is 5.69 Å². The van der Waals surface area contributed by atoms with Crippen LogP contribution in [0.15, 0.2) is 53.8 Å². The molecule has 0 unspecified atom stereocenters. The van der Waals surface area contributed by atoms with Crippen molar-refractivity contribution in [2.24, 2.45) is 4.99 Å². The second kappa shape index (κ2) is 8.66. The Bertz CT molecular complexity index is 656. The fourth-order valence-corrected chi connectivity index (χ4v) is 2.47. The lowest BCUT2D eigenvalue weighted by atomic mass is 10.2. The summed E-state index contributed by atoms with van der Waals surface area (Å²) in [5, 5.41) is 14.9. The second-order valence-electron chi connectivity index (χ2n) is 5.16. The number of benzene rings is 1. The molecule has 0 spiro atoms. The number of para-hydroxylation sites is 1. The third kappa shape index (κ3) is 4.54. The highest BCUT2D eigenvalue weighted by molar-refractivity contribution is 14.0. The molecule has 1 aliphatic carbocycles. The molecule has 1 aromatic heterocycles. The van der Waals surface area contributed by atoms with Crippen molar-refractivity contribution in [2.75, 3.05) is 7.05 Å². The summed E-state index contributed by atoms with van der Waals surface area (Å²) in [7, 11) is 1.78. The first-order chi connectivity index (χ1) is 10.9. The standard InChI is InChI=1S/C16H20N6.HI/c1-17-16(20-13-7-5-6-8-13)18-11-15-21-19-12-22(15)14-9-3-2-4-10-14;/h2-6,9-10,12-13H,7-8,11H2,1H3,(H2,17,18,20);1H. The number of hydrogen-bond acceptors (Lipinski definition) is 3. The number of nitrogens with zero attached hydrogens (tertiary/aromatic N) is 4. The minimum atomic E-state index is 0. The molecule has 0 fully saturated rings. The SMILES string of the molecule is CN=C(NCc1nncn1-c1ccccc1)NC1CC=CC1.I. The van der Waals surface area contributed by atoms with E-state index in [2.05, 4.69) is 38.0 Å². The van der Waals surface area contributed by atoms with Gasteiger partial charge in [0, 0.05) is 18.8 Å². The summed E-state index contributed by atoms with van der Waals surface area (Å²) in [6.45, 7) is 0.564. The summed E-state index contributed by atoms with van der Waals surface area (Å²) in [6.07, 6.45) is 8.19.